The number of aryl methyl sites for hydroxylation is 3. The Kier molecular flexibility index (Phi) is 5.67. The summed E-state index contributed by atoms with van der Waals surface area (Å²) >= 11 is 0. The number of hydrogen-bond acceptors (Lipinski definition) is 4. The molecule has 0 saturated carbocycles. The third-order valence-corrected chi connectivity index (χ3v) is 6.72. The van der Waals surface area contributed by atoms with Crippen LogP contribution in [-0.4, -0.2) is 41.3 Å². The Hall–Kier alpha value is -2.19. The normalized spacial score (nSPS) is 18.4. The van der Waals surface area contributed by atoms with Crippen LogP contribution in [0.1, 0.15) is 30.9 Å². The SMILES string of the molecule is CCn1cnc(S(=O)(=O)N2CCC[C@@H](C(=O)Nc3ccc(C)cc3C)C2)c1. The number of hydrogen-bond donors (Lipinski definition) is 1. The molecule has 1 aromatic carbocycles. The lowest BCUT2D eigenvalue weighted by atomic mass is 9.98. The monoisotopic (exact) mass is 390 g/mol. The first-order valence-corrected chi connectivity index (χ1v) is 10.7. The van der Waals surface area contributed by atoms with E-state index in [9.17, 15) is 13.2 Å². The van der Waals surface area contributed by atoms with Crippen molar-refractivity contribution < 1.29 is 13.2 Å². The standard InChI is InChI=1S/C19H26N4O3S/c1-4-22-12-18(20-13-22)27(25,26)23-9-5-6-16(11-23)19(24)21-17-8-7-14(2)10-15(17)3/h7-8,10,12-13,16H,4-6,9,11H2,1-3H3,(H,21,24)/t16-/m1/s1. The second-order valence-corrected chi connectivity index (χ2v) is 8.94. The summed E-state index contributed by atoms with van der Waals surface area (Å²) < 4.78 is 28.8. The highest BCUT2D eigenvalue weighted by atomic mass is 32.2. The van der Waals surface area contributed by atoms with Gasteiger partial charge in [0.1, 0.15) is 0 Å². The zero-order valence-corrected chi connectivity index (χ0v) is 16.8. The quantitative estimate of drug-likeness (QED) is 0.850. The molecule has 1 aromatic heterocycles. The second kappa shape index (κ2) is 7.82. The Labute approximate surface area is 160 Å². The molecular weight excluding hydrogens is 364 g/mol. The van der Waals surface area contributed by atoms with Crippen LogP contribution in [0, 0.1) is 19.8 Å². The third kappa shape index (κ3) is 4.22. The van der Waals surface area contributed by atoms with E-state index in [4.69, 9.17) is 0 Å². The Morgan fingerprint density at radius 1 is 1.33 bits per heavy atom. The lowest BCUT2D eigenvalue weighted by molar-refractivity contribution is -0.120. The molecule has 0 spiro atoms. The molecular formula is C19H26N4O3S. The van der Waals surface area contributed by atoms with Gasteiger partial charge >= 0.3 is 0 Å². The van der Waals surface area contributed by atoms with E-state index in [1.54, 1.807) is 4.57 Å². The highest BCUT2D eigenvalue weighted by Crippen LogP contribution is 2.25. The number of amides is 1. The summed E-state index contributed by atoms with van der Waals surface area (Å²) in [6.45, 7) is 7.12. The van der Waals surface area contributed by atoms with Crippen LogP contribution >= 0.6 is 0 Å². The van der Waals surface area contributed by atoms with Crippen LogP contribution in [0.3, 0.4) is 0 Å². The number of carbonyl (C=O) groups excluding carboxylic acids is 1. The molecule has 8 heteroatoms. The first-order chi connectivity index (χ1) is 12.8. The summed E-state index contributed by atoms with van der Waals surface area (Å²) in [5.74, 6) is -0.511. The van der Waals surface area contributed by atoms with Gasteiger partial charge in [-0.1, -0.05) is 17.7 Å². The van der Waals surface area contributed by atoms with Crippen molar-refractivity contribution in [2.24, 2.45) is 5.92 Å². The zero-order chi connectivity index (χ0) is 19.6. The number of piperidine rings is 1. The van der Waals surface area contributed by atoms with E-state index in [-0.39, 0.29) is 23.4 Å². The highest BCUT2D eigenvalue weighted by Gasteiger charge is 2.34. The predicted octanol–water partition coefficient (Wildman–Crippen LogP) is 2.56. The van der Waals surface area contributed by atoms with E-state index < -0.39 is 10.0 Å². The molecule has 2 aromatic rings. The summed E-state index contributed by atoms with van der Waals surface area (Å²) in [6.07, 6.45) is 4.38. The van der Waals surface area contributed by atoms with Gasteiger partial charge in [0.05, 0.1) is 12.2 Å². The molecule has 1 saturated heterocycles. The number of imidazole rings is 1. The van der Waals surface area contributed by atoms with Crippen molar-refractivity contribution >= 4 is 21.6 Å². The van der Waals surface area contributed by atoms with Crippen LogP contribution in [0.5, 0.6) is 0 Å². The lowest BCUT2D eigenvalue weighted by Gasteiger charge is -2.30. The number of carbonyl (C=O) groups is 1. The van der Waals surface area contributed by atoms with Crippen molar-refractivity contribution in [3.63, 3.8) is 0 Å². The molecule has 0 unspecified atom stereocenters. The van der Waals surface area contributed by atoms with Crippen molar-refractivity contribution in [1.29, 1.82) is 0 Å². The lowest BCUT2D eigenvalue weighted by Crippen LogP contribution is -2.43. The van der Waals surface area contributed by atoms with Gasteiger partial charge in [-0.3, -0.25) is 4.79 Å². The molecule has 2 heterocycles. The zero-order valence-electron chi connectivity index (χ0n) is 16.0. The Balaban J connectivity index is 1.72. The number of nitrogens with one attached hydrogen (secondary N) is 1. The van der Waals surface area contributed by atoms with Crippen LogP contribution in [0.4, 0.5) is 5.69 Å². The van der Waals surface area contributed by atoms with Crippen molar-refractivity contribution in [2.45, 2.75) is 45.2 Å². The van der Waals surface area contributed by atoms with E-state index in [0.717, 1.165) is 16.8 Å². The van der Waals surface area contributed by atoms with Crippen LogP contribution in [0.2, 0.25) is 0 Å². The van der Waals surface area contributed by atoms with Crippen molar-refractivity contribution in [2.75, 3.05) is 18.4 Å². The van der Waals surface area contributed by atoms with Gasteiger partial charge in [0.25, 0.3) is 10.0 Å². The van der Waals surface area contributed by atoms with Gasteiger partial charge in [0.2, 0.25) is 5.91 Å². The molecule has 0 aliphatic carbocycles. The van der Waals surface area contributed by atoms with E-state index in [0.29, 0.717) is 25.9 Å². The first-order valence-electron chi connectivity index (χ1n) is 9.21. The summed E-state index contributed by atoms with van der Waals surface area (Å²) in [4.78, 5) is 16.7. The first kappa shape index (κ1) is 19.6. The van der Waals surface area contributed by atoms with E-state index in [1.165, 1.54) is 16.8 Å². The molecule has 27 heavy (non-hydrogen) atoms. The minimum Gasteiger partial charge on any atom is -0.336 e. The Morgan fingerprint density at radius 3 is 2.78 bits per heavy atom. The fraction of sp³-hybridized carbons (Fsp3) is 0.474. The van der Waals surface area contributed by atoms with Gasteiger partial charge in [-0.2, -0.15) is 4.31 Å². The minimum atomic E-state index is -3.68. The van der Waals surface area contributed by atoms with Crippen LogP contribution in [0.15, 0.2) is 35.7 Å². The number of aromatic nitrogens is 2. The molecule has 146 valence electrons. The van der Waals surface area contributed by atoms with Crippen molar-refractivity contribution in [3.05, 3.63) is 41.9 Å². The molecule has 1 atom stereocenters. The molecule has 3 rings (SSSR count). The predicted molar refractivity (Wildman–Crippen MR) is 104 cm³/mol. The molecule has 1 fully saturated rings. The maximum Gasteiger partial charge on any atom is 0.262 e. The van der Waals surface area contributed by atoms with Crippen LogP contribution < -0.4 is 5.32 Å². The number of nitrogens with zero attached hydrogens (tertiary/aromatic N) is 3. The van der Waals surface area contributed by atoms with Crippen molar-refractivity contribution in [1.82, 2.24) is 13.9 Å². The fourth-order valence-electron chi connectivity index (χ4n) is 3.34. The maximum absolute atomic E-state index is 12.9. The molecule has 7 nitrogen and oxygen atoms in total. The number of benzene rings is 1. The van der Waals surface area contributed by atoms with Crippen LogP contribution in [0.25, 0.3) is 0 Å². The van der Waals surface area contributed by atoms with E-state index >= 15 is 0 Å². The molecule has 1 amide bonds. The average Bonchev–Trinajstić information content (AvgIpc) is 3.14. The maximum atomic E-state index is 12.9. The van der Waals surface area contributed by atoms with Gasteiger partial charge in [-0.15, -0.1) is 0 Å². The summed E-state index contributed by atoms with van der Waals surface area (Å²) in [5, 5.41) is 2.99. The minimum absolute atomic E-state index is 0.0415. The van der Waals surface area contributed by atoms with Crippen LogP contribution in [-0.2, 0) is 21.4 Å². The van der Waals surface area contributed by atoms with Gasteiger partial charge in [-0.25, -0.2) is 13.4 Å². The molecule has 0 radical (unpaired) electrons. The average molecular weight is 391 g/mol. The summed E-state index contributed by atoms with van der Waals surface area (Å²) in [6, 6.07) is 5.85. The van der Waals surface area contributed by atoms with Crippen molar-refractivity contribution in [3.8, 4) is 0 Å². The molecule has 0 bridgehead atoms. The van der Waals surface area contributed by atoms with Gasteiger partial charge in [0, 0.05) is 31.5 Å². The number of rotatable bonds is 5. The Morgan fingerprint density at radius 2 is 2.11 bits per heavy atom. The highest BCUT2D eigenvalue weighted by molar-refractivity contribution is 7.89. The molecule has 1 aliphatic rings. The number of anilines is 1. The van der Waals surface area contributed by atoms with E-state index in [2.05, 4.69) is 10.3 Å². The third-order valence-electron chi connectivity index (χ3n) is 4.97. The van der Waals surface area contributed by atoms with Gasteiger partial charge < -0.3 is 9.88 Å². The Bertz CT molecular complexity index is 936. The topological polar surface area (TPSA) is 84.3 Å². The molecule has 1 aliphatic heterocycles. The van der Waals surface area contributed by atoms with Gasteiger partial charge in [-0.05, 0) is 45.2 Å². The van der Waals surface area contributed by atoms with Gasteiger partial charge in [0.15, 0.2) is 5.03 Å². The second-order valence-electron chi connectivity index (χ2n) is 7.05. The number of sulfonamides is 1. The largest absolute Gasteiger partial charge is 0.336 e. The fourth-order valence-corrected chi connectivity index (χ4v) is 4.80. The van der Waals surface area contributed by atoms with E-state index in [1.807, 2.05) is 39.0 Å². The summed E-state index contributed by atoms with van der Waals surface area (Å²) in [5.41, 5.74) is 2.90. The molecule has 1 N–H and O–H groups in total. The summed E-state index contributed by atoms with van der Waals surface area (Å²) in [7, 11) is -3.68. The smallest absolute Gasteiger partial charge is 0.262 e.